The minimum atomic E-state index is 0.00766. The van der Waals surface area contributed by atoms with E-state index in [1.807, 2.05) is 36.7 Å². The Morgan fingerprint density at radius 1 is 1.03 bits per heavy atom. The standard InChI is InChI=1S/C26H34N6O/c1-18(2)21-8-10-22(11-9-21)29-26(33)13-12-23-19(3)30-32(20(23)4)25-16-24(27-17-28-25)31-14-6-5-7-15-31/h8-11,16-18H,5-7,12-15H2,1-4H3,(H,29,33). The lowest BCUT2D eigenvalue weighted by Gasteiger charge is -2.27. The van der Waals surface area contributed by atoms with Gasteiger partial charge < -0.3 is 10.2 Å². The van der Waals surface area contributed by atoms with Gasteiger partial charge in [-0.1, -0.05) is 26.0 Å². The van der Waals surface area contributed by atoms with Gasteiger partial charge in [0, 0.05) is 37.0 Å². The van der Waals surface area contributed by atoms with Gasteiger partial charge in [0.05, 0.1) is 5.69 Å². The van der Waals surface area contributed by atoms with Crippen LogP contribution in [0.3, 0.4) is 0 Å². The van der Waals surface area contributed by atoms with Crippen LogP contribution in [0, 0.1) is 13.8 Å². The molecule has 1 aromatic carbocycles. The van der Waals surface area contributed by atoms with Crippen LogP contribution in [0.5, 0.6) is 0 Å². The van der Waals surface area contributed by atoms with Crippen molar-refractivity contribution in [2.24, 2.45) is 0 Å². The Hall–Kier alpha value is -3.22. The van der Waals surface area contributed by atoms with E-state index in [2.05, 4.69) is 46.2 Å². The molecule has 1 aliphatic heterocycles. The van der Waals surface area contributed by atoms with Crippen LogP contribution in [0.15, 0.2) is 36.7 Å². The highest BCUT2D eigenvalue weighted by molar-refractivity contribution is 5.90. The van der Waals surface area contributed by atoms with E-state index >= 15 is 0 Å². The lowest BCUT2D eigenvalue weighted by atomic mass is 10.0. The minimum absolute atomic E-state index is 0.00766. The molecule has 0 saturated carbocycles. The Morgan fingerprint density at radius 2 is 1.73 bits per heavy atom. The molecule has 3 heterocycles. The van der Waals surface area contributed by atoms with Crippen LogP contribution in [0.2, 0.25) is 0 Å². The summed E-state index contributed by atoms with van der Waals surface area (Å²) in [4.78, 5) is 23.8. The first-order valence-electron chi connectivity index (χ1n) is 11.9. The van der Waals surface area contributed by atoms with Crippen LogP contribution in [0.4, 0.5) is 11.5 Å². The number of hydrogen-bond donors (Lipinski definition) is 1. The Morgan fingerprint density at radius 3 is 2.42 bits per heavy atom. The number of hydrogen-bond acceptors (Lipinski definition) is 5. The Kier molecular flexibility index (Phi) is 7.06. The van der Waals surface area contributed by atoms with Crippen molar-refractivity contribution >= 4 is 17.4 Å². The van der Waals surface area contributed by atoms with Crippen LogP contribution in [-0.4, -0.2) is 38.7 Å². The molecule has 7 nitrogen and oxygen atoms in total. The van der Waals surface area contributed by atoms with E-state index < -0.39 is 0 Å². The maximum atomic E-state index is 12.6. The van der Waals surface area contributed by atoms with Gasteiger partial charge in [-0.25, -0.2) is 14.6 Å². The Labute approximate surface area is 196 Å². The summed E-state index contributed by atoms with van der Waals surface area (Å²) in [6, 6.07) is 10.1. The van der Waals surface area contributed by atoms with Gasteiger partial charge in [0.25, 0.3) is 0 Å². The van der Waals surface area contributed by atoms with Crippen LogP contribution < -0.4 is 10.2 Å². The zero-order valence-corrected chi connectivity index (χ0v) is 20.1. The van der Waals surface area contributed by atoms with Gasteiger partial charge in [0.2, 0.25) is 5.91 Å². The number of benzene rings is 1. The average Bonchev–Trinajstić information content (AvgIpc) is 3.12. The second-order valence-corrected chi connectivity index (χ2v) is 9.17. The molecule has 174 valence electrons. The molecule has 3 aromatic rings. The summed E-state index contributed by atoms with van der Waals surface area (Å²) in [5, 5.41) is 7.74. The number of anilines is 2. The highest BCUT2D eigenvalue weighted by atomic mass is 16.1. The largest absolute Gasteiger partial charge is 0.356 e. The van der Waals surface area contributed by atoms with Gasteiger partial charge in [0.15, 0.2) is 5.82 Å². The molecule has 0 aliphatic carbocycles. The zero-order valence-electron chi connectivity index (χ0n) is 20.1. The SMILES string of the molecule is Cc1nn(-c2cc(N3CCCCC3)ncn2)c(C)c1CCC(=O)Nc1ccc(C(C)C)cc1. The number of amides is 1. The molecular formula is C26H34N6O. The van der Waals surface area contributed by atoms with Crippen LogP contribution in [0.25, 0.3) is 5.82 Å². The van der Waals surface area contributed by atoms with Crippen LogP contribution in [0.1, 0.15) is 68.0 Å². The second kappa shape index (κ2) is 10.1. The average molecular weight is 447 g/mol. The summed E-state index contributed by atoms with van der Waals surface area (Å²) in [6.07, 6.45) is 6.35. The molecule has 0 bridgehead atoms. The van der Waals surface area contributed by atoms with Crippen molar-refractivity contribution < 1.29 is 4.79 Å². The summed E-state index contributed by atoms with van der Waals surface area (Å²) in [7, 11) is 0. The molecule has 7 heteroatoms. The molecule has 0 radical (unpaired) electrons. The fraction of sp³-hybridized carbons (Fsp3) is 0.462. The predicted octanol–water partition coefficient (Wildman–Crippen LogP) is 4.96. The molecule has 1 fully saturated rings. The highest BCUT2D eigenvalue weighted by Crippen LogP contribution is 2.23. The monoisotopic (exact) mass is 446 g/mol. The fourth-order valence-electron chi connectivity index (χ4n) is 4.42. The van der Waals surface area contributed by atoms with Crippen LogP contribution in [-0.2, 0) is 11.2 Å². The molecule has 1 amide bonds. The maximum Gasteiger partial charge on any atom is 0.224 e. The predicted molar refractivity (Wildman–Crippen MR) is 132 cm³/mol. The number of carbonyl (C=O) groups excluding carboxylic acids is 1. The Balaban J connectivity index is 1.43. The van der Waals surface area contributed by atoms with Gasteiger partial charge in [-0.15, -0.1) is 0 Å². The first-order chi connectivity index (χ1) is 15.9. The van der Waals surface area contributed by atoms with E-state index in [4.69, 9.17) is 5.10 Å². The van der Waals surface area contributed by atoms with Gasteiger partial charge in [-0.05, 0) is 68.7 Å². The quantitative estimate of drug-likeness (QED) is 0.555. The normalized spacial score (nSPS) is 14.0. The topological polar surface area (TPSA) is 75.9 Å². The maximum absolute atomic E-state index is 12.6. The third-order valence-electron chi connectivity index (χ3n) is 6.44. The van der Waals surface area contributed by atoms with E-state index in [-0.39, 0.29) is 5.91 Å². The first kappa shape index (κ1) is 23.0. The smallest absolute Gasteiger partial charge is 0.224 e. The summed E-state index contributed by atoms with van der Waals surface area (Å²) in [6.45, 7) is 10.4. The number of aryl methyl sites for hydroxylation is 1. The number of piperidine rings is 1. The van der Waals surface area contributed by atoms with Gasteiger partial charge in [-0.2, -0.15) is 5.10 Å². The molecule has 0 unspecified atom stereocenters. The van der Waals surface area contributed by atoms with Crippen molar-refractivity contribution in [3.05, 3.63) is 59.2 Å². The van der Waals surface area contributed by atoms with Gasteiger partial charge >= 0.3 is 0 Å². The van der Waals surface area contributed by atoms with E-state index in [0.717, 1.165) is 47.4 Å². The second-order valence-electron chi connectivity index (χ2n) is 9.17. The molecular weight excluding hydrogens is 412 g/mol. The lowest BCUT2D eigenvalue weighted by molar-refractivity contribution is -0.116. The van der Waals surface area contributed by atoms with Crippen molar-refractivity contribution in [3.63, 3.8) is 0 Å². The molecule has 2 aromatic heterocycles. The zero-order chi connectivity index (χ0) is 23.4. The van der Waals surface area contributed by atoms with E-state index in [9.17, 15) is 4.79 Å². The molecule has 1 N–H and O–H groups in total. The molecule has 4 rings (SSSR count). The number of rotatable bonds is 7. The van der Waals surface area contributed by atoms with E-state index in [0.29, 0.717) is 18.8 Å². The van der Waals surface area contributed by atoms with Crippen molar-refractivity contribution in [3.8, 4) is 5.82 Å². The number of nitrogens with one attached hydrogen (secondary N) is 1. The van der Waals surface area contributed by atoms with Gasteiger partial charge in [0.1, 0.15) is 12.1 Å². The molecule has 1 aliphatic rings. The van der Waals surface area contributed by atoms with Crippen molar-refractivity contribution in [1.82, 2.24) is 19.7 Å². The highest BCUT2D eigenvalue weighted by Gasteiger charge is 2.17. The molecule has 0 atom stereocenters. The third kappa shape index (κ3) is 5.41. The number of aromatic nitrogens is 4. The fourth-order valence-corrected chi connectivity index (χ4v) is 4.42. The summed E-state index contributed by atoms with van der Waals surface area (Å²) < 4.78 is 1.88. The summed E-state index contributed by atoms with van der Waals surface area (Å²) in [5.41, 5.74) is 5.14. The van der Waals surface area contributed by atoms with Gasteiger partial charge in [-0.3, -0.25) is 4.79 Å². The van der Waals surface area contributed by atoms with Crippen molar-refractivity contribution in [1.29, 1.82) is 0 Å². The first-order valence-corrected chi connectivity index (χ1v) is 11.9. The van der Waals surface area contributed by atoms with Crippen molar-refractivity contribution in [2.75, 3.05) is 23.3 Å². The summed E-state index contributed by atoms with van der Waals surface area (Å²) >= 11 is 0. The summed E-state index contributed by atoms with van der Waals surface area (Å²) in [5.74, 6) is 2.21. The molecule has 0 spiro atoms. The van der Waals surface area contributed by atoms with E-state index in [1.54, 1.807) is 6.33 Å². The number of carbonyl (C=O) groups is 1. The minimum Gasteiger partial charge on any atom is -0.356 e. The number of nitrogens with zero attached hydrogens (tertiary/aromatic N) is 5. The lowest BCUT2D eigenvalue weighted by Crippen LogP contribution is -2.30. The molecule has 1 saturated heterocycles. The van der Waals surface area contributed by atoms with E-state index in [1.165, 1.54) is 24.8 Å². The van der Waals surface area contributed by atoms with Crippen LogP contribution >= 0.6 is 0 Å². The third-order valence-corrected chi connectivity index (χ3v) is 6.44. The van der Waals surface area contributed by atoms with Crippen molar-refractivity contribution in [2.45, 2.75) is 65.7 Å². The molecule has 33 heavy (non-hydrogen) atoms. The Bertz CT molecular complexity index is 1100.